The lowest BCUT2D eigenvalue weighted by Gasteiger charge is -2.21. The summed E-state index contributed by atoms with van der Waals surface area (Å²) in [7, 11) is 0. The van der Waals surface area contributed by atoms with Crippen molar-refractivity contribution in [3.8, 4) is 0 Å². The van der Waals surface area contributed by atoms with Gasteiger partial charge in [-0.3, -0.25) is 4.98 Å². The number of thiocarbonyl (C=S) groups is 1. The molecule has 1 aliphatic rings. The maximum Gasteiger partial charge on any atom is 0.105 e. The highest BCUT2D eigenvalue weighted by Crippen LogP contribution is 2.31. The van der Waals surface area contributed by atoms with Gasteiger partial charge in [0, 0.05) is 18.0 Å². The Morgan fingerprint density at radius 2 is 1.85 bits per heavy atom. The first-order chi connectivity index (χ1) is 12.9. The molecule has 0 spiro atoms. The monoisotopic (exact) mass is 378 g/mol. The Kier molecular flexibility index (Phi) is 7.93. The third-order valence-electron chi connectivity index (χ3n) is 4.91. The summed E-state index contributed by atoms with van der Waals surface area (Å²) in [6, 6.07) is 12.6. The van der Waals surface area contributed by atoms with E-state index in [1.807, 2.05) is 13.0 Å². The van der Waals surface area contributed by atoms with Crippen LogP contribution in [0.1, 0.15) is 56.7 Å². The highest BCUT2D eigenvalue weighted by atomic mass is 32.1. The second kappa shape index (κ2) is 10.2. The Morgan fingerprint density at radius 3 is 2.44 bits per heavy atom. The van der Waals surface area contributed by atoms with Gasteiger partial charge in [-0.15, -0.1) is 0 Å². The van der Waals surface area contributed by atoms with Gasteiger partial charge in [0.1, 0.15) is 4.99 Å². The molecule has 0 saturated heterocycles. The number of nitrogens with zero attached hydrogens (tertiary/aromatic N) is 1. The smallest absolute Gasteiger partial charge is 0.105 e. The SMILES string of the molecule is CC1=C(/C=C(\C)c2ccccc2)CC(C)CC1.Cc1cncc(C(N)=S)c1. The molecule has 1 atom stereocenters. The number of rotatable bonds is 3. The van der Waals surface area contributed by atoms with E-state index in [9.17, 15) is 0 Å². The summed E-state index contributed by atoms with van der Waals surface area (Å²) in [6.07, 6.45) is 9.69. The van der Waals surface area contributed by atoms with Crippen molar-refractivity contribution in [3.63, 3.8) is 0 Å². The summed E-state index contributed by atoms with van der Waals surface area (Å²) in [5, 5.41) is 0. The van der Waals surface area contributed by atoms with E-state index in [0.717, 1.165) is 17.0 Å². The molecular weight excluding hydrogens is 348 g/mol. The number of allylic oxidation sites excluding steroid dienone is 4. The molecule has 2 N–H and O–H groups in total. The van der Waals surface area contributed by atoms with E-state index in [-0.39, 0.29) is 0 Å². The predicted molar refractivity (Wildman–Crippen MR) is 121 cm³/mol. The van der Waals surface area contributed by atoms with Crippen LogP contribution in [-0.2, 0) is 0 Å². The Bertz CT molecular complexity index is 834. The zero-order valence-electron chi connectivity index (χ0n) is 16.8. The standard InChI is InChI=1S/C17H22.C7H8N2S/c1-13-9-10-14(2)17(11-13)12-15(3)16-7-5-4-6-8-16;1-5-2-6(7(8)10)4-9-3-5/h4-8,12-13H,9-11H2,1-3H3;2-4H,1H3,(H2,8,10)/b15-12+;. The minimum atomic E-state index is 0.399. The van der Waals surface area contributed by atoms with Crippen LogP contribution in [0.3, 0.4) is 0 Å². The van der Waals surface area contributed by atoms with Gasteiger partial charge in [-0.2, -0.15) is 0 Å². The first-order valence-electron chi connectivity index (χ1n) is 9.50. The molecule has 27 heavy (non-hydrogen) atoms. The van der Waals surface area contributed by atoms with Gasteiger partial charge in [0.05, 0.1) is 0 Å². The molecule has 0 amide bonds. The second-order valence-electron chi connectivity index (χ2n) is 7.46. The van der Waals surface area contributed by atoms with Crippen LogP contribution in [0.5, 0.6) is 0 Å². The predicted octanol–water partition coefficient (Wildman–Crippen LogP) is 6.25. The minimum Gasteiger partial charge on any atom is -0.389 e. The van der Waals surface area contributed by atoms with E-state index in [1.165, 1.54) is 30.4 Å². The number of pyridine rings is 1. The molecule has 3 heteroatoms. The molecule has 2 nitrogen and oxygen atoms in total. The zero-order valence-corrected chi connectivity index (χ0v) is 17.6. The van der Waals surface area contributed by atoms with E-state index < -0.39 is 0 Å². The lowest BCUT2D eigenvalue weighted by Crippen LogP contribution is -2.09. The van der Waals surface area contributed by atoms with Gasteiger partial charge in [-0.05, 0) is 74.3 Å². The van der Waals surface area contributed by atoms with Gasteiger partial charge >= 0.3 is 0 Å². The van der Waals surface area contributed by atoms with Crippen molar-refractivity contribution < 1.29 is 0 Å². The molecule has 1 aromatic heterocycles. The number of hydrogen-bond acceptors (Lipinski definition) is 2. The zero-order chi connectivity index (χ0) is 19.8. The van der Waals surface area contributed by atoms with Crippen LogP contribution in [0.2, 0.25) is 0 Å². The Hall–Kier alpha value is -2.26. The number of nitrogens with two attached hydrogens (primary N) is 1. The van der Waals surface area contributed by atoms with E-state index >= 15 is 0 Å². The normalized spacial score (nSPS) is 17.2. The molecule has 0 aliphatic heterocycles. The molecule has 1 unspecified atom stereocenters. The third-order valence-corrected chi connectivity index (χ3v) is 5.14. The lowest BCUT2D eigenvalue weighted by molar-refractivity contribution is 0.502. The number of benzene rings is 1. The summed E-state index contributed by atoms with van der Waals surface area (Å²) in [5.74, 6) is 0.841. The maximum atomic E-state index is 5.37. The Labute approximate surface area is 169 Å². The highest BCUT2D eigenvalue weighted by molar-refractivity contribution is 7.80. The van der Waals surface area contributed by atoms with Gasteiger partial charge < -0.3 is 5.73 Å². The second-order valence-corrected chi connectivity index (χ2v) is 7.90. The average molecular weight is 379 g/mol. The average Bonchev–Trinajstić information content (AvgIpc) is 2.66. The summed E-state index contributed by atoms with van der Waals surface area (Å²) in [6.45, 7) is 8.82. The Morgan fingerprint density at radius 1 is 1.15 bits per heavy atom. The van der Waals surface area contributed by atoms with Gasteiger partial charge in [0.15, 0.2) is 0 Å². The van der Waals surface area contributed by atoms with Crippen LogP contribution in [0.15, 0.2) is 66.0 Å². The molecular formula is C24H30N2S. The highest BCUT2D eigenvalue weighted by Gasteiger charge is 2.13. The largest absolute Gasteiger partial charge is 0.389 e. The lowest BCUT2D eigenvalue weighted by atomic mass is 9.84. The van der Waals surface area contributed by atoms with Crippen LogP contribution in [-0.4, -0.2) is 9.97 Å². The minimum absolute atomic E-state index is 0.399. The summed E-state index contributed by atoms with van der Waals surface area (Å²) < 4.78 is 0. The van der Waals surface area contributed by atoms with E-state index in [1.54, 1.807) is 23.5 Å². The van der Waals surface area contributed by atoms with Crippen molar-refractivity contribution in [1.82, 2.24) is 4.98 Å². The fraction of sp³-hybridized carbons (Fsp3) is 0.333. The summed E-state index contributed by atoms with van der Waals surface area (Å²) in [5.41, 5.74) is 13.1. The van der Waals surface area contributed by atoms with Gasteiger partial charge in [-0.1, -0.05) is 61.1 Å². The van der Waals surface area contributed by atoms with Crippen LogP contribution in [0.4, 0.5) is 0 Å². The quantitative estimate of drug-likeness (QED) is 0.642. The molecule has 3 rings (SSSR count). The summed E-state index contributed by atoms with van der Waals surface area (Å²) in [4.78, 5) is 4.34. The molecule has 2 aromatic rings. The molecule has 1 heterocycles. The van der Waals surface area contributed by atoms with E-state index in [0.29, 0.717) is 4.99 Å². The summed E-state index contributed by atoms with van der Waals surface area (Å²) >= 11 is 4.76. The van der Waals surface area contributed by atoms with E-state index in [2.05, 4.69) is 62.2 Å². The van der Waals surface area contributed by atoms with Crippen LogP contribution in [0.25, 0.3) is 5.57 Å². The molecule has 142 valence electrons. The maximum absolute atomic E-state index is 5.37. The van der Waals surface area contributed by atoms with Gasteiger partial charge in [0.25, 0.3) is 0 Å². The van der Waals surface area contributed by atoms with Crippen molar-refractivity contribution in [2.24, 2.45) is 11.7 Å². The van der Waals surface area contributed by atoms with Crippen molar-refractivity contribution >= 4 is 22.8 Å². The van der Waals surface area contributed by atoms with Crippen molar-refractivity contribution in [2.75, 3.05) is 0 Å². The topological polar surface area (TPSA) is 38.9 Å². The number of aryl methyl sites for hydroxylation is 1. The molecule has 1 aromatic carbocycles. The first kappa shape index (κ1) is 21.0. The first-order valence-corrected chi connectivity index (χ1v) is 9.91. The van der Waals surface area contributed by atoms with Crippen LogP contribution >= 0.6 is 12.2 Å². The molecule has 1 aliphatic carbocycles. The molecule has 0 saturated carbocycles. The van der Waals surface area contributed by atoms with Crippen molar-refractivity contribution in [3.05, 3.63) is 82.7 Å². The fourth-order valence-corrected chi connectivity index (χ4v) is 3.30. The van der Waals surface area contributed by atoms with E-state index in [4.69, 9.17) is 18.0 Å². The fourth-order valence-electron chi connectivity index (χ4n) is 3.19. The third kappa shape index (κ3) is 6.76. The van der Waals surface area contributed by atoms with Crippen molar-refractivity contribution in [1.29, 1.82) is 0 Å². The molecule has 0 radical (unpaired) electrons. The van der Waals surface area contributed by atoms with Gasteiger partial charge in [-0.25, -0.2) is 0 Å². The van der Waals surface area contributed by atoms with Crippen LogP contribution < -0.4 is 5.73 Å². The van der Waals surface area contributed by atoms with Crippen LogP contribution in [0, 0.1) is 12.8 Å². The molecule has 0 fully saturated rings. The molecule has 0 bridgehead atoms. The number of aromatic nitrogens is 1. The Balaban J connectivity index is 0.000000223. The van der Waals surface area contributed by atoms with Gasteiger partial charge in [0.2, 0.25) is 0 Å². The van der Waals surface area contributed by atoms with Crippen molar-refractivity contribution in [2.45, 2.75) is 47.0 Å². The number of hydrogen-bond donors (Lipinski definition) is 1.